The van der Waals surface area contributed by atoms with E-state index in [2.05, 4.69) is 28.0 Å². The van der Waals surface area contributed by atoms with E-state index in [1.165, 1.54) is 0 Å². The third-order valence-electron chi connectivity index (χ3n) is 8.90. The number of hydrogen-bond donors (Lipinski definition) is 2. The predicted octanol–water partition coefficient (Wildman–Crippen LogP) is 5.06. The van der Waals surface area contributed by atoms with Crippen molar-refractivity contribution in [1.82, 2.24) is 14.9 Å². The Kier molecular flexibility index (Phi) is 7.28. The Morgan fingerprint density at radius 3 is 2.60 bits per heavy atom. The second-order valence-corrected chi connectivity index (χ2v) is 12.1. The lowest BCUT2D eigenvalue weighted by Gasteiger charge is -2.26. The van der Waals surface area contributed by atoms with Gasteiger partial charge in [-0.25, -0.2) is 4.98 Å². The molecule has 1 saturated carbocycles. The number of carbonyl (C=O) groups is 1. The van der Waals surface area contributed by atoms with Crippen LogP contribution < -0.4 is 16.4 Å². The SMILES string of the molecule is CN1CCC(N=Cc2ccc(N(Cc3ccc4c5c(c(N)nc4c3)COC5)C(=O)c3ccc(C4CC4)nc3)cc2N)CC1. The van der Waals surface area contributed by atoms with Crippen molar-refractivity contribution in [2.75, 3.05) is 36.5 Å². The minimum absolute atomic E-state index is 0.142. The zero-order chi connectivity index (χ0) is 29.5. The molecule has 4 heterocycles. The first kappa shape index (κ1) is 27.5. The average Bonchev–Trinajstić information content (AvgIpc) is 3.75. The highest BCUT2D eigenvalue weighted by Crippen LogP contribution is 2.39. The van der Waals surface area contributed by atoms with Gasteiger partial charge in [0.25, 0.3) is 5.91 Å². The maximum atomic E-state index is 14.0. The minimum Gasteiger partial charge on any atom is -0.398 e. The number of aromatic nitrogens is 2. The molecule has 9 nitrogen and oxygen atoms in total. The van der Waals surface area contributed by atoms with Crippen LogP contribution in [-0.2, 0) is 24.5 Å². The van der Waals surface area contributed by atoms with Crippen molar-refractivity contribution >= 4 is 40.2 Å². The molecular formula is C34H37N7O2. The molecule has 1 saturated heterocycles. The molecule has 2 fully saturated rings. The predicted molar refractivity (Wildman–Crippen MR) is 170 cm³/mol. The van der Waals surface area contributed by atoms with E-state index in [9.17, 15) is 4.79 Å². The quantitative estimate of drug-likeness (QED) is 0.233. The molecule has 43 heavy (non-hydrogen) atoms. The summed E-state index contributed by atoms with van der Waals surface area (Å²) in [6.07, 6.45) is 7.99. The summed E-state index contributed by atoms with van der Waals surface area (Å²) in [6.45, 7) is 3.45. The van der Waals surface area contributed by atoms with Gasteiger partial charge in [-0.05, 0) is 93.3 Å². The number of nitrogen functional groups attached to an aromatic ring is 2. The van der Waals surface area contributed by atoms with E-state index in [-0.39, 0.29) is 5.91 Å². The Hall–Kier alpha value is -4.34. The molecule has 2 aliphatic heterocycles. The number of carbonyl (C=O) groups excluding carboxylic acids is 1. The molecule has 9 heteroatoms. The van der Waals surface area contributed by atoms with Gasteiger partial charge in [0, 0.05) is 51.9 Å². The highest BCUT2D eigenvalue weighted by molar-refractivity contribution is 6.06. The summed E-state index contributed by atoms with van der Waals surface area (Å²) in [5.74, 6) is 0.877. The second-order valence-electron chi connectivity index (χ2n) is 12.1. The molecule has 1 aliphatic carbocycles. The van der Waals surface area contributed by atoms with Gasteiger partial charge in [-0.15, -0.1) is 0 Å². The maximum Gasteiger partial charge on any atom is 0.260 e. The fraction of sp³-hybridized carbons (Fsp3) is 0.353. The number of amides is 1. The number of nitrogens with two attached hydrogens (primary N) is 2. The lowest BCUT2D eigenvalue weighted by molar-refractivity contribution is 0.0984. The smallest absolute Gasteiger partial charge is 0.260 e. The fourth-order valence-corrected chi connectivity index (χ4v) is 6.07. The van der Waals surface area contributed by atoms with Crippen LogP contribution in [0.2, 0.25) is 0 Å². The van der Waals surface area contributed by atoms with Crippen LogP contribution in [0.15, 0.2) is 59.7 Å². The first-order chi connectivity index (χ1) is 20.9. The molecule has 7 rings (SSSR count). The summed E-state index contributed by atoms with van der Waals surface area (Å²) in [6, 6.07) is 16.0. The van der Waals surface area contributed by atoms with Crippen LogP contribution in [-0.4, -0.2) is 53.2 Å². The zero-order valence-corrected chi connectivity index (χ0v) is 24.5. The van der Waals surface area contributed by atoms with Crippen molar-refractivity contribution in [3.63, 3.8) is 0 Å². The topological polar surface area (TPSA) is 123 Å². The number of piperidine rings is 1. The molecular weight excluding hydrogens is 538 g/mol. The third-order valence-corrected chi connectivity index (χ3v) is 8.90. The van der Waals surface area contributed by atoms with E-state index in [1.807, 2.05) is 48.7 Å². The first-order valence-corrected chi connectivity index (χ1v) is 15.1. The summed E-state index contributed by atoms with van der Waals surface area (Å²) < 4.78 is 5.64. The molecule has 2 aromatic carbocycles. The van der Waals surface area contributed by atoms with Crippen molar-refractivity contribution in [2.24, 2.45) is 4.99 Å². The van der Waals surface area contributed by atoms with Crippen LogP contribution in [0.3, 0.4) is 0 Å². The molecule has 0 radical (unpaired) electrons. The molecule has 0 unspecified atom stereocenters. The zero-order valence-electron chi connectivity index (χ0n) is 24.5. The van der Waals surface area contributed by atoms with Crippen molar-refractivity contribution in [3.8, 4) is 0 Å². The van der Waals surface area contributed by atoms with Gasteiger partial charge in [0.05, 0.1) is 36.9 Å². The Morgan fingerprint density at radius 2 is 1.86 bits per heavy atom. The molecule has 4 aromatic rings. The Balaban J connectivity index is 1.19. The van der Waals surface area contributed by atoms with E-state index in [0.29, 0.717) is 54.5 Å². The number of pyridine rings is 2. The number of benzene rings is 2. The van der Waals surface area contributed by atoms with E-state index >= 15 is 0 Å². The molecule has 4 N–H and O–H groups in total. The number of anilines is 3. The molecule has 0 bridgehead atoms. The van der Waals surface area contributed by atoms with Gasteiger partial charge in [-0.2, -0.15) is 0 Å². The number of fused-ring (bicyclic) bond motifs is 3. The summed E-state index contributed by atoms with van der Waals surface area (Å²) >= 11 is 0. The van der Waals surface area contributed by atoms with Crippen molar-refractivity contribution in [1.29, 1.82) is 0 Å². The van der Waals surface area contributed by atoms with E-state index in [4.69, 9.17) is 21.2 Å². The summed E-state index contributed by atoms with van der Waals surface area (Å²) in [5.41, 5.74) is 20.3. The van der Waals surface area contributed by atoms with Gasteiger partial charge < -0.3 is 26.0 Å². The molecule has 0 atom stereocenters. The fourth-order valence-electron chi connectivity index (χ4n) is 6.07. The summed E-state index contributed by atoms with van der Waals surface area (Å²) in [4.78, 5) is 32.2. The Labute approximate surface area is 251 Å². The maximum absolute atomic E-state index is 14.0. The van der Waals surface area contributed by atoms with Gasteiger partial charge in [-0.1, -0.05) is 12.1 Å². The standard InChI is InChI=1S/C34H37N7O2/c1-40-12-10-25(11-13-40)37-16-23-5-7-26(15-30(23)35)41(34(42)24-6-9-31(38-17-24)22-3-4-22)18-21-2-8-27-28-19-43-20-29(28)33(36)39-32(27)14-21/h2,5-9,14-17,22,25H,3-4,10-13,18-20,35H2,1H3,(H2,36,39). The minimum atomic E-state index is -0.142. The highest BCUT2D eigenvalue weighted by atomic mass is 16.5. The number of rotatable bonds is 7. The van der Waals surface area contributed by atoms with Crippen molar-refractivity contribution in [3.05, 3.63) is 88.2 Å². The van der Waals surface area contributed by atoms with Gasteiger partial charge in [-0.3, -0.25) is 14.8 Å². The van der Waals surface area contributed by atoms with Gasteiger partial charge in [0.1, 0.15) is 5.82 Å². The number of aliphatic imine (C=N–C) groups is 1. The van der Waals surface area contributed by atoms with E-state index in [1.54, 1.807) is 11.1 Å². The number of ether oxygens (including phenoxy) is 1. The second kappa shape index (κ2) is 11.4. The van der Waals surface area contributed by atoms with Crippen LogP contribution >= 0.6 is 0 Å². The lowest BCUT2D eigenvalue weighted by atomic mass is 10.0. The number of nitrogens with zero attached hydrogens (tertiary/aromatic N) is 5. The molecule has 1 amide bonds. The van der Waals surface area contributed by atoms with Crippen LogP contribution in [0.1, 0.15) is 69.9 Å². The molecule has 2 aromatic heterocycles. The summed E-state index contributed by atoms with van der Waals surface area (Å²) in [7, 11) is 2.14. The lowest BCUT2D eigenvalue weighted by Crippen LogP contribution is -2.32. The van der Waals surface area contributed by atoms with E-state index < -0.39 is 0 Å². The third kappa shape index (κ3) is 5.70. The number of hydrogen-bond acceptors (Lipinski definition) is 8. The average molecular weight is 576 g/mol. The highest BCUT2D eigenvalue weighted by Gasteiger charge is 2.26. The van der Waals surface area contributed by atoms with Gasteiger partial charge in [0.15, 0.2) is 0 Å². The van der Waals surface area contributed by atoms with Crippen LogP contribution in [0.4, 0.5) is 17.2 Å². The van der Waals surface area contributed by atoms with Crippen LogP contribution in [0.5, 0.6) is 0 Å². The molecule has 0 spiro atoms. The molecule has 220 valence electrons. The Morgan fingerprint density at radius 1 is 1.05 bits per heavy atom. The number of likely N-dealkylation sites (tertiary alicyclic amines) is 1. The molecule has 3 aliphatic rings. The van der Waals surface area contributed by atoms with Crippen LogP contribution in [0.25, 0.3) is 10.9 Å². The largest absolute Gasteiger partial charge is 0.398 e. The summed E-state index contributed by atoms with van der Waals surface area (Å²) in [5, 5.41) is 1.03. The first-order valence-electron chi connectivity index (χ1n) is 15.1. The van der Waals surface area contributed by atoms with Gasteiger partial charge in [0.2, 0.25) is 0 Å². The van der Waals surface area contributed by atoms with Gasteiger partial charge >= 0.3 is 0 Å². The normalized spacial score (nSPS) is 17.5. The van der Waals surface area contributed by atoms with Crippen molar-refractivity contribution in [2.45, 2.75) is 57.4 Å². The van der Waals surface area contributed by atoms with Crippen molar-refractivity contribution < 1.29 is 9.53 Å². The van der Waals surface area contributed by atoms with Crippen LogP contribution in [0, 0.1) is 0 Å². The van der Waals surface area contributed by atoms with E-state index in [0.717, 1.165) is 77.6 Å². The Bertz CT molecular complexity index is 1710. The monoisotopic (exact) mass is 575 g/mol.